The van der Waals surface area contributed by atoms with Gasteiger partial charge in [0.25, 0.3) is 10.1 Å². The quantitative estimate of drug-likeness (QED) is 0.0810. The van der Waals surface area contributed by atoms with E-state index in [0.29, 0.717) is 0 Å². The van der Waals surface area contributed by atoms with E-state index in [4.69, 9.17) is 22.4 Å². The first kappa shape index (κ1) is 65.8. The number of aliphatic carboxylic acids is 1. The average Bonchev–Trinajstić information content (AvgIpc) is 1.60. The van der Waals surface area contributed by atoms with Gasteiger partial charge in [0.1, 0.15) is 19.3 Å². The molecule has 0 saturated carbocycles. The number of carbonyl (C=O) groups excluding carboxylic acids is 1. The van der Waals surface area contributed by atoms with E-state index in [0.717, 1.165) is 68.4 Å². The molecule has 5 atom stereocenters. The summed E-state index contributed by atoms with van der Waals surface area (Å²) >= 11 is 0. The lowest BCUT2D eigenvalue weighted by Crippen LogP contribution is -2.42. The minimum absolute atomic E-state index is 0.0467. The maximum absolute atomic E-state index is 12.7. The Labute approximate surface area is 542 Å². The number of hydrogen-bond acceptors (Lipinski definition) is 11. The topological polar surface area (TPSA) is 209 Å². The van der Waals surface area contributed by atoms with Gasteiger partial charge in [0, 0.05) is 98.8 Å². The Morgan fingerprint density at radius 1 is 0.624 bits per heavy atom. The van der Waals surface area contributed by atoms with Crippen LogP contribution in [0.15, 0.2) is 154 Å². The number of nitrogens with zero attached hydrogens (tertiary/aromatic N) is 4. The van der Waals surface area contributed by atoms with Gasteiger partial charge in [0.05, 0.1) is 48.1 Å². The van der Waals surface area contributed by atoms with E-state index < -0.39 is 37.0 Å². The third-order valence-electron chi connectivity index (χ3n) is 20.8. The molecule has 14 rings (SSSR count). The first-order valence-electron chi connectivity index (χ1n) is 31.9. The molecular formula is C72H81F3N5O11S2+. The molecule has 0 fully saturated rings. The summed E-state index contributed by atoms with van der Waals surface area (Å²) in [7, 11) is -5.89. The van der Waals surface area contributed by atoms with E-state index in [1.54, 1.807) is 0 Å². The van der Waals surface area contributed by atoms with Crippen molar-refractivity contribution in [1.82, 2.24) is 5.32 Å². The van der Waals surface area contributed by atoms with Gasteiger partial charge in [0.15, 0.2) is 21.5 Å². The number of carbonyl (C=O) groups is 2. The molecule has 93 heavy (non-hydrogen) atoms. The van der Waals surface area contributed by atoms with Crippen LogP contribution in [0.5, 0.6) is 0 Å². The molecule has 2 aliphatic carbocycles. The largest absolute Gasteiger partial charge is 0.741 e. The number of halogens is 3. The predicted molar refractivity (Wildman–Crippen MR) is 350 cm³/mol. The van der Waals surface area contributed by atoms with Crippen LogP contribution in [0.25, 0.3) is 0 Å². The summed E-state index contributed by atoms with van der Waals surface area (Å²) in [4.78, 5) is 29.0. The second kappa shape index (κ2) is 23.3. The Morgan fingerprint density at radius 3 is 1.42 bits per heavy atom. The average molecular weight is 1310 g/mol. The minimum Gasteiger partial charge on any atom is -0.741 e. The van der Waals surface area contributed by atoms with Crippen molar-refractivity contribution in [2.45, 2.75) is 171 Å². The van der Waals surface area contributed by atoms with Gasteiger partial charge in [-0.3, -0.25) is 14.1 Å². The molecule has 10 aliphatic rings. The predicted octanol–water partition coefficient (Wildman–Crippen LogP) is 11.7. The van der Waals surface area contributed by atoms with Crippen molar-refractivity contribution in [2.75, 3.05) is 43.5 Å². The van der Waals surface area contributed by atoms with Gasteiger partial charge in [-0.05, 0) is 143 Å². The van der Waals surface area contributed by atoms with Crippen LogP contribution in [-0.2, 0) is 73.8 Å². The Kier molecular flexibility index (Phi) is 16.5. The summed E-state index contributed by atoms with van der Waals surface area (Å²) in [5.41, 5.74) is 18.7. The lowest BCUT2D eigenvalue weighted by Gasteiger charge is -2.42. The summed E-state index contributed by atoms with van der Waals surface area (Å²) in [5.74, 6) is -1.07. The van der Waals surface area contributed by atoms with Crippen molar-refractivity contribution < 1.29 is 72.4 Å². The summed E-state index contributed by atoms with van der Waals surface area (Å²) in [6, 6.07) is 29.9. The number of anilines is 2. The number of nitrogens with one attached hydrogen (secondary N) is 1. The van der Waals surface area contributed by atoms with Crippen molar-refractivity contribution in [3.63, 3.8) is 0 Å². The second-order valence-corrected chi connectivity index (χ2v) is 31.5. The number of hydrogen-bond donors (Lipinski definition) is 3. The fourth-order valence-electron chi connectivity index (χ4n) is 16.5. The van der Waals surface area contributed by atoms with E-state index in [-0.39, 0.29) is 71.4 Å². The van der Waals surface area contributed by atoms with Gasteiger partial charge in [-0.1, -0.05) is 88.4 Å². The fourth-order valence-corrected chi connectivity index (χ4v) is 16.8. The van der Waals surface area contributed by atoms with Gasteiger partial charge >= 0.3 is 11.5 Å². The Balaban J connectivity index is 0.000000162. The highest BCUT2D eigenvalue weighted by Crippen LogP contribution is 2.56. The molecule has 4 aromatic carbocycles. The smallest absolute Gasteiger partial charge is 0.485 e. The molecule has 3 N–H and O–H groups in total. The number of carboxylic acids is 1. The zero-order valence-electron chi connectivity index (χ0n) is 54.4. The number of rotatable bonds is 9. The summed E-state index contributed by atoms with van der Waals surface area (Å²) in [6.07, 6.45) is 16.1. The van der Waals surface area contributed by atoms with Gasteiger partial charge in [0.2, 0.25) is 17.3 Å². The van der Waals surface area contributed by atoms with E-state index in [1.807, 2.05) is 12.1 Å². The van der Waals surface area contributed by atoms with Crippen LogP contribution in [0.1, 0.15) is 134 Å². The summed E-state index contributed by atoms with van der Waals surface area (Å²) < 4.78 is 109. The normalized spacial score (nSPS) is 24.3. The van der Waals surface area contributed by atoms with Gasteiger partial charge in [-0.2, -0.15) is 30.7 Å². The standard InChI is InChI=1S/C37H43N3O5S.C34H36N2O3.CHF3O3S/c1-22(46(42,43)44)21-38-33(41)18-23-11-13-30-28(17-23)37(4,5)35-26-20-25-19-24(12-14-31(25)45-32(26)15-16-40(30)35)34-36(2,3)27-9-7-8-10-29(27)39(34)6;1-33(2)24-8-6-7-9-26(24)35(5)31(33)21-11-13-28-22(18-21)19-23-29(39-28)14-15-36-27-12-10-20(17-30(37)38)16-25(27)34(3,4)32(23)36;2-1(3,4)8(5,6)7/h7-11,13,17,19-20,22,31-32H,12,14-16,18,21H2,1-6H3,(H-,38,41,42,43,44);6-10,12,16,18-19,28-29H,11,13-15,17H2,1-5H3;(H,5,6,7)/p+1. The molecule has 8 heterocycles. The van der Waals surface area contributed by atoms with Crippen molar-refractivity contribution in [3.05, 3.63) is 187 Å². The second-order valence-electron chi connectivity index (χ2n) is 28.2. The highest BCUT2D eigenvalue weighted by atomic mass is 32.2. The van der Waals surface area contributed by atoms with Crippen LogP contribution in [-0.4, -0.2) is 132 Å². The van der Waals surface area contributed by atoms with Gasteiger partial charge in [-0.25, -0.2) is 8.42 Å². The van der Waals surface area contributed by atoms with Crippen molar-refractivity contribution >= 4 is 66.3 Å². The van der Waals surface area contributed by atoms with Crippen molar-refractivity contribution in [3.8, 4) is 0 Å². The number of alkyl halides is 3. The highest BCUT2D eigenvalue weighted by molar-refractivity contribution is 7.86. The van der Waals surface area contributed by atoms with Gasteiger partial charge in [-0.15, -0.1) is 0 Å². The van der Waals surface area contributed by atoms with Crippen molar-refractivity contribution in [1.29, 1.82) is 0 Å². The third kappa shape index (κ3) is 11.5. The van der Waals surface area contributed by atoms with E-state index in [2.05, 4.69) is 191 Å². The molecule has 1 amide bonds. The van der Waals surface area contributed by atoms with Crippen LogP contribution in [0.3, 0.4) is 0 Å². The lowest BCUT2D eigenvalue weighted by atomic mass is 9.74. The van der Waals surface area contributed by atoms with Gasteiger partial charge < -0.3 is 34.2 Å². The third-order valence-corrected chi connectivity index (χ3v) is 22.5. The molecule has 16 nitrogen and oxygen atoms in total. The summed E-state index contributed by atoms with van der Waals surface area (Å²) in [6.45, 7) is 21.4. The number of carboxylic acid groups (broad SMARTS) is 1. The monoisotopic (exact) mass is 1310 g/mol. The van der Waals surface area contributed by atoms with Crippen LogP contribution in [0.4, 0.5) is 35.9 Å². The van der Waals surface area contributed by atoms with E-state index in [1.165, 1.54) is 102 Å². The minimum atomic E-state index is -6.09. The Bertz CT molecular complexity index is 4370. The molecule has 0 spiro atoms. The number of fused-ring (bicyclic) bond motifs is 12. The number of para-hydroxylation sites is 2. The fraction of sp³-hybridized carbons (Fsp3) is 0.444. The first-order valence-corrected chi connectivity index (χ1v) is 34.8. The molecular weight excluding hydrogens is 1230 g/mol. The molecule has 0 saturated heterocycles. The lowest BCUT2D eigenvalue weighted by molar-refractivity contribution is -0.402. The van der Waals surface area contributed by atoms with E-state index in [9.17, 15) is 40.8 Å². The zero-order valence-corrected chi connectivity index (χ0v) is 56.0. The molecule has 0 aromatic heterocycles. The SMILES string of the molecule is CC(CNC(=O)Cc1ccc2c(c1)C(C)(C)C1=C3C=C4C=C(C5=[N+](C)c6ccccc6C5(C)C)CCC4OC3CCN12)S(=O)(=O)O.C[N+]1=C(C2=CC3=CC4=C5N(CCC4OC3CC2)c2ccc(CC(=O)O)cc2C5(C)C)C(C)(C)c2ccccc21.O=S(=O)([O-])C(F)(F)F. The maximum atomic E-state index is 12.7. The van der Waals surface area contributed by atoms with Crippen LogP contribution < -0.4 is 15.1 Å². The summed E-state index contributed by atoms with van der Waals surface area (Å²) in [5, 5.41) is 10.9. The zero-order chi connectivity index (χ0) is 67.0. The molecule has 0 radical (unpaired) electrons. The van der Waals surface area contributed by atoms with Crippen LogP contribution in [0, 0.1) is 0 Å². The maximum Gasteiger partial charge on any atom is 0.485 e. The molecule has 8 aliphatic heterocycles. The first-order chi connectivity index (χ1) is 43.5. The van der Waals surface area contributed by atoms with Crippen molar-refractivity contribution in [2.24, 2.45) is 0 Å². The molecule has 5 unspecified atom stereocenters. The molecule has 21 heteroatoms. The van der Waals surface area contributed by atoms with E-state index >= 15 is 0 Å². The van der Waals surface area contributed by atoms with Crippen LogP contribution >= 0.6 is 0 Å². The Morgan fingerprint density at radius 2 is 1.03 bits per heavy atom. The number of ether oxygens (including phenoxy) is 2. The van der Waals surface area contributed by atoms with Crippen LogP contribution in [0.2, 0.25) is 0 Å². The molecule has 4 aromatic rings. The number of amides is 1. The molecule has 492 valence electrons. The molecule has 0 bridgehead atoms. The highest BCUT2D eigenvalue weighted by Gasteiger charge is 2.52. The number of allylic oxidation sites excluding steroid dienone is 4. The Hall–Kier alpha value is -7.27. The number of benzene rings is 4.